The molecule has 2 aliphatic rings. The molecule has 2 aromatic carbocycles. The second kappa shape index (κ2) is 10.2. The zero-order valence-electron chi connectivity index (χ0n) is 21.5. The van der Waals surface area contributed by atoms with Crippen molar-refractivity contribution in [2.24, 2.45) is 11.5 Å². The number of nitrogens with zero attached hydrogens (tertiary/aromatic N) is 2. The Kier molecular flexibility index (Phi) is 6.58. The number of allylic oxidation sites excluding steroid dienone is 2. The number of carbonyl (C=O) groups excluding carboxylic acids is 2. The molecule has 8 N–H and O–H groups in total. The summed E-state index contributed by atoms with van der Waals surface area (Å²) in [7, 11) is 2.55. The summed E-state index contributed by atoms with van der Waals surface area (Å²) in [6.45, 7) is 0. The van der Waals surface area contributed by atoms with Gasteiger partial charge in [0.15, 0.2) is 0 Å². The molecule has 5 rings (SSSR count). The number of fused-ring (bicyclic) bond motifs is 8. The Morgan fingerprint density at radius 3 is 1.45 bits per heavy atom. The van der Waals surface area contributed by atoms with Gasteiger partial charge in [0.05, 0.1) is 82.0 Å². The molecule has 0 saturated heterocycles. The molecule has 3 aromatic rings. The standard InChI is InChI=1S/C28H24N8O4/c1-39-27(37)13-3-15-7-16(4-13)34-24-12-26(22(32)10-20(24)30)36-18-6-14(28(38)40-2)5-17(8-18)35-25-11-23(33-15)19(29)9-21(25)31/h3-12,29,32-33,36H,30-31H2,1-2H3. The molecule has 12 heteroatoms. The Morgan fingerprint density at radius 2 is 1.07 bits per heavy atom. The average molecular weight is 537 g/mol. The minimum atomic E-state index is -0.578. The molecule has 1 aromatic heterocycles. The Balaban J connectivity index is 1.97. The molecule has 0 fully saturated rings. The third-order valence-electron chi connectivity index (χ3n) is 6.07. The van der Waals surface area contributed by atoms with E-state index in [-0.39, 0.29) is 33.9 Å². The molecular weight excluding hydrogens is 512 g/mol. The highest BCUT2D eigenvalue weighted by atomic mass is 16.5. The number of aromatic amines is 2. The van der Waals surface area contributed by atoms with Crippen LogP contribution in [0.25, 0.3) is 33.5 Å². The smallest absolute Gasteiger partial charge is 0.337 e. The quantitative estimate of drug-likeness (QED) is 0.267. The number of methoxy groups -OCH3 is 2. The van der Waals surface area contributed by atoms with Gasteiger partial charge in [0, 0.05) is 11.0 Å². The van der Waals surface area contributed by atoms with Crippen LogP contribution in [0.3, 0.4) is 0 Å². The normalized spacial score (nSPS) is 13.1. The average Bonchev–Trinajstić information content (AvgIpc) is 2.92. The molecule has 200 valence electrons. The minimum Gasteiger partial charge on any atom is -0.465 e. The van der Waals surface area contributed by atoms with Crippen LogP contribution in [0.1, 0.15) is 43.5 Å². The molecule has 0 unspecified atom stereocenters. The van der Waals surface area contributed by atoms with Crippen LogP contribution in [-0.2, 0) is 9.47 Å². The predicted molar refractivity (Wildman–Crippen MR) is 150 cm³/mol. The lowest BCUT2D eigenvalue weighted by Gasteiger charge is -2.11. The van der Waals surface area contributed by atoms with E-state index in [4.69, 9.17) is 31.8 Å². The lowest BCUT2D eigenvalue weighted by atomic mass is 10.1. The fourth-order valence-electron chi connectivity index (χ4n) is 4.17. The molecule has 40 heavy (non-hydrogen) atoms. The van der Waals surface area contributed by atoms with Gasteiger partial charge in [0.1, 0.15) is 0 Å². The van der Waals surface area contributed by atoms with E-state index < -0.39 is 11.9 Å². The molecule has 0 amide bonds. The highest BCUT2D eigenvalue weighted by Crippen LogP contribution is 2.20. The summed E-state index contributed by atoms with van der Waals surface area (Å²) in [6, 6.07) is 12.7. The van der Waals surface area contributed by atoms with Gasteiger partial charge < -0.3 is 30.9 Å². The van der Waals surface area contributed by atoms with E-state index in [9.17, 15) is 9.59 Å². The minimum absolute atomic E-state index is 0.0881. The molecule has 12 nitrogen and oxygen atoms in total. The lowest BCUT2D eigenvalue weighted by molar-refractivity contribution is 0.0592. The van der Waals surface area contributed by atoms with E-state index in [0.29, 0.717) is 44.8 Å². The molecule has 2 aliphatic carbocycles. The Hall–Kier alpha value is -5.78. The molecule has 0 atom stereocenters. The van der Waals surface area contributed by atoms with E-state index in [1.807, 2.05) is 0 Å². The summed E-state index contributed by atoms with van der Waals surface area (Å²) in [4.78, 5) is 40.4. The van der Waals surface area contributed by atoms with Crippen molar-refractivity contribution in [1.29, 1.82) is 10.8 Å². The number of H-pyrrole nitrogens is 2. The zero-order valence-corrected chi connectivity index (χ0v) is 21.5. The zero-order chi connectivity index (χ0) is 28.6. The number of rotatable bonds is 2. The lowest BCUT2D eigenvalue weighted by Crippen LogP contribution is -2.11. The fourth-order valence-corrected chi connectivity index (χ4v) is 4.17. The number of carbonyl (C=O) groups is 2. The Bertz CT molecular complexity index is 1740. The SMILES string of the molecule is COC(=O)c1cc2cc(c1)[nH]c1cc(nc3cc(C(=O)OC)cc(c3)[nH]c3cc(n2)C(N)=CC3=N)C(N)=CC1=N. The van der Waals surface area contributed by atoms with Crippen LogP contribution in [0.15, 0.2) is 60.7 Å². The summed E-state index contributed by atoms with van der Waals surface area (Å²) in [5.74, 6) is -1.16. The number of benzene rings is 2. The molecular formula is C28H24N8O4. The van der Waals surface area contributed by atoms with E-state index >= 15 is 0 Å². The number of nitrogens with one attached hydrogen (secondary N) is 4. The van der Waals surface area contributed by atoms with Crippen molar-refractivity contribution in [3.05, 3.63) is 94.6 Å². The van der Waals surface area contributed by atoms with Crippen LogP contribution >= 0.6 is 0 Å². The summed E-state index contributed by atoms with van der Waals surface area (Å²) in [6.07, 6.45) is 2.89. The first-order valence-electron chi connectivity index (χ1n) is 11.9. The largest absolute Gasteiger partial charge is 0.465 e. The van der Waals surface area contributed by atoms with Gasteiger partial charge in [0.2, 0.25) is 0 Å². The monoisotopic (exact) mass is 536 g/mol. The number of aromatic nitrogens is 4. The molecule has 8 bridgehead atoms. The first-order valence-corrected chi connectivity index (χ1v) is 11.9. The van der Waals surface area contributed by atoms with Crippen molar-refractivity contribution in [3.8, 4) is 0 Å². The third-order valence-corrected chi connectivity index (χ3v) is 6.07. The van der Waals surface area contributed by atoms with Crippen LogP contribution in [-0.4, -0.2) is 57.5 Å². The number of hydrogen-bond acceptors (Lipinski definition) is 10. The third kappa shape index (κ3) is 5.13. The van der Waals surface area contributed by atoms with Gasteiger partial charge in [-0.3, -0.25) is 10.8 Å². The van der Waals surface area contributed by atoms with Gasteiger partial charge >= 0.3 is 11.9 Å². The maximum atomic E-state index is 12.4. The van der Waals surface area contributed by atoms with Crippen LogP contribution in [0.2, 0.25) is 0 Å². The van der Waals surface area contributed by atoms with E-state index in [0.717, 1.165) is 0 Å². The molecule has 0 aliphatic heterocycles. The van der Waals surface area contributed by atoms with Gasteiger partial charge in [-0.25, -0.2) is 19.6 Å². The van der Waals surface area contributed by atoms with Gasteiger partial charge in [-0.1, -0.05) is 0 Å². The van der Waals surface area contributed by atoms with Crippen molar-refractivity contribution in [2.75, 3.05) is 14.2 Å². The highest BCUT2D eigenvalue weighted by Gasteiger charge is 2.14. The van der Waals surface area contributed by atoms with Crippen molar-refractivity contribution in [3.63, 3.8) is 0 Å². The topological polar surface area (TPSA) is 210 Å². The van der Waals surface area contributed by atoms with E-state index in [1.54, 1.807) is 48.5 Å². The van der Waals surface area contributed by atoms with Crippen molar-refractivity contribution >= 4 is 56.8 Å². The first kappa shape index (κ1) is 25.9. The summed E-state index contributed by atoms with van der Waals surface area (Å²) < 4.78 is 9.82. The Morgan fingerprint density at radius 1 is 0.675 bits per heavy atom. The van der Waals surface area contributed by atoms with Crippen molar-refractivity contribution in [1.82, 2.24) is 19.9 Å². The van der Waals surface area contributed by atoms with Crippen LogP contribution in [0.4, 0.5) is 0 Å². The second-order valence-corrected chi connectivity index (χ2v) is 8.91. The van der Waals surface area contributed by atoms with Gasteiger partial charge in [-0.2, -0.15) is 0 Å². The van der Waals surface area contributed by atoms with Gasteiger partial charge in [0.25, 0.3) is 0 Å². The van der Waals surface area contributed by atoms with Crippen LogP contribution < -0.4 is 11.5 Å². The Labute approximate surface area is 227 Å². The van der Waals surface area contributed by atoms with Gasteiger partial charge in [-0.15, -0.1) is 0 Å². The maximum absolute atomic E-state index is 12.4. The number of ether oxygens (including phenoxy) is 2. The second-order valence-electron chi connectivity index (χ2n) is 8.91. The molecule has 0 saturated carbocycles. The van der Waals surface area contributed by atoms with Crippen LogP contribution in [0, 0.1) is 10.8 Å². The van der Waals surface area contributed by atoms with Gasteiger partial charge in [-0.05, 0) is 60.7 Å². The summed E-state index contributed by atoms with van der Waals surface area (Å²) >= 11 is 0. The predicted octanol–water partition coefficient (Wildman–Crippen LogP) is 3.19. The first-order chi connectivity index (χ1) is 19.1. The molecule has 1 heterocycles. The summed E-state index contributed by atoms with van der Waals surface area (Å²) in [5.41, 5.74) is 16.5. The van der Waals surface area contributed by atoms with E-state index in [2.05, 4.69) is 19.9 Å². The van der Waals surface area contributed by atoms with Crippen LogP contribution in [0.5, 0.6) is 0 Å². The van der Waals surface area contributed by atoms with Crippen molar-refractivity contribution in [2.45, 2.75) is 0 Å². The number of nitrogens with two attached hydrogens (primary N) is 2. The molecule has 0 radical (unpaired) electrons. The van der Waals surface area contributed by atoms with Crippen molar-refractivity contribution < 1.29 is 19.1 Å². The highest BCUT2D eigenvalue weighted by molar-refractivity contribution is 6.12. The maximum Gasteiger partial charge on any atom is 0.337 e. The fraction of sp³-hybridized carbons (Fsp3) is 0.0714. The molecule has 0 spiro atoms. The number of esters is 2. The van der Waals surface area contributed by atoms with E-state index in [1.165, 1.54) is 26.4 Å². The number of hydrogen-bond donors (Lipinski definition) is 6. The summed E-state index contributed by atoms with van der Waals surface area (Å²) in [5, 5.41) is 16.9.